The van der Waals surface area contributed by atoms with Crippen molar-refractivity contribution in [2.24, 2.45) is 0 Å². The first kappa shape index (κ1) is 13.7. The first-order valence-electron chi connectivity index (χ1n) is 6.16. The van der Waals surface area contributed by atoms with Gasteiger partial charge in [0.2, 0.25) is 0 Å². The van der Waals surface area contributed by atoms with Crippen LogP contribution < -0.4 is 10.6 Å². The summed E-state index contributed by atoms with van der Waals surface area (Å²) in [6, 6.07) is 1.93. The van der Waals surface area contributed by atoms with Gasteiger partial charge in [0.25, 0.3) is 0 Å². The molecular weight excluding hydrogens is 254 g/mol. The van der Waals surface area contributed by atoms with Gasteiger partial charge in [-0.2, -0.15) is 0 Å². The average molecular weight is 270 g/mol. The molecule has 0 bridgehead atoms. The molecule has 1 aromatic carbocycles. The molecule has 1 aliphatic heterocycles. The van der Waals surface area contributed by atoms with E-state index in [1.54, 1.807) is 0 Å². The zero-order chi connectivity index (χ0) is 13.8. The van der Waals surface area contributed by atoms with Gasteiger partial charge in [-0.3, -0.25) is 0 Å². The van der Waals surface area contributed by atoms with E-state index >= 15 is 0 Å². The maximum atomic E-state index is 13.7. The standard InChI is InChI=1S/C13H16F2N2O2/c1-19-13(18)9-5-12(11(15)6-10(9)14)17-8-3-2-4-16-7-8/h5-6,8,16-17H,2-4,7H2,1H3. The van der Waals surface area contributed by atoms with Crippen LogP contribution in [0.2, 0.25) is 0 Å². The van der Waals surface area contributed by atoms with Crippen molar-refractivity contribution in [3.8, 4) is 0 Å². The van der Waals surface area contributed by atoms with E-state index in [1.807, 2.05) is 0 Å². The van der Waals surface area contributed by atoms with Gasteiger partial charge in [-0.05, 0) is 25.5 Å². The lowest BCUT2D eigenvalue weighted by atomic mass is 10.1. The summed E-state index contributed by atoms with van der Waals surface area (Å²) in [5.74, 6) is -2.45. The van der Waals surface area contributed by atoms with Crippen LogP contribution in [0.5, 0.6) is 0 Å². The van der Waals surface area contributed by atoms with E-state index in [-0.39, 0.29) is 17.3 Å². The molecule has 2 rings (SSSR count). The van der Waals surface area contributed by atoms with Crippen molar-refractivity contribution in [2.75, 3.05) is 25.5 Å². The molecule has 104 valence electrons. The van der Waals surface area contributed by atoms with E-state index in [1.165, 1.54) is 0 Å². The number of nitrogens with one attached hydrogen (secondary N) is 2. The normalized spacial score (nSPS) is 19.0. The molecule has 1 fully saturated rings. The number of anilines is 1. The number of rotatable bonds is 3. The number of carbonyl (C=O) groups excluding carboxylic acids is 1. The number of esters is 1. The lowest BCUT2D eigenvalue weighted by Crippen LogP contribution is -2.38. The molecule has 2 N–H and O–H groups in total. The topological polar surface area (TPSA) is 50.4 Å². The fraction of sp³-hybridized carbons (Fsp3) is 0.462. The van der Waals surface area contributed by atoms with Crippen molar-refractivity contribution in [3.05, 3.63) is 29.3 Å². The van der Waals surface area contributed by atoms with Crippen LogP contribution in [-0.4, -0.2) is 32.2 Å². The lowest BCUT2D eigenvalue weighted by Gasteiger charge is -2.25. The van der Waals surface area contributed by atoms with Gasteiger partial charge >= 0.3 is 5.97 Å². The Bertz CT molecular complexity index is 474. The van der Waals surface area contributed by atoms with Crippen LogP contribution in [0.3, 0.4) is 0 Å². The van der Waals surface area contributed by atoms with Crippen molar-refractivity contribution in [2.45, 2.75) is 18.9 Å². The summed E-state index contributed by atoms with van der Waals surface area (Å²) in [5, 5.41) is 6.17. The number of halogens is 2. The Labute approximate surface area is 110 Å². The molecule has 1 saturated heterocycles. The minimum atomic E-state index is -0.920. The highest BCUT2D eigenvalue weighted by Crippen LogP contribution is 2.22. The number of carbonyl (C=O) groups is 1. The van der Waals surface area contributed by atoms with Crippen LogP contribution >= 0.6 is 0 Å². The highest BCUT2D eigenvalue weighted by molar-refractivity contribution is 5.90. The molecule has 1 aromatic rings. The summed E-state index contributed by atoms with van der Waals surface area (Å²) < 4.78 is 31.6. The maximum Gasteiger partial charge on any atom is 0.340 e. The molecule has 0 aromatic heterocycles. The molecule has 0 amide bonds. The zero-order valence-corrected chi connectivity index (χ0v) is 10.6. The Balaban J connectivity index is 2.21. The minimum Gasteiger partial charge on any atom is -0.465 e. The minimum absolute atomic E-state index is 0.0687. The number of benzene rings is 1. The van der Waals surface area contributed by atoms with Crippen molar-refractivity contribution in [1.82, 2.24) is 5.32 Å². The fourth-order valence-electron chi connectivity index (χ4n) is 2.12. The van der Waals surface area contributed by atoms with E-state index in [4.69, 9.17) is 0 Å². The molecular formula is C13H16F2N2O2. The third-order valence-electron chi connectivity index (χ3n) is 3.12. The molecule has 19 heavy (non-hydrogen) atoms. The number of piperidine rings is 1. The van der Waals surface area contributed by atoms with E-state index in [0.29, 0.717) is 12.6 Å². The first-order chi connectivity index (χ1) is 9.11. The van der Waals surface area contributed by atoms with Gasteiger partial charge in [-0.1, -0.05) is 0 Å². The molecule has 1 aliphatic rings. The van der Waals surface area contributed by atoms with Gasteiger partial charge < -0.3 is 15.4 Å². The predicted octanol–water partition coefficient (Wildman–Crippen LogP) is 1.92. The SMILES string of the molecule is COC(=O)c1cc(NC2CCCNC2)c(F)cc1F. The molecule has 0 radical (unpaired) electrons. The summed E-state index contributed by atoms with van der Waals surface area (Å²) >= 11 is 0. The van der Waals surface area contributed by atoms with Gasteiger partial charge in [0, 0.05) is 18.7 Å². The highest BCUT2D eigenvalue weighted by atomic mass is 19.1. The summed E-state index contributed by atoms with van der Waals surface area (Å²) in [6.07, 6.45) is 1.89. The second-order valence-electron chi connectivity index (χ2n) is 4.49. The molecule has 1 atom stereocenters. The number of methoxy groups -OCH3 is 1. The Hall–Kier alpha value is -1.69. The lowest BCUT2D eigenvalue weighted by molar-refractivity contribution is 0.0595. The quantitative estimate of drug-likeness (QED) is 0.824. The van der Waals surface area contributed by atoms with Crippen molar-refractivity contribution >= 4 is 11.7 Å². The third kappa shape index (κ3) is 3.20. The smallest absolute Gasteiger partial charge is 0.340 e. The summed E-state index contributed by atoms with van der Waals surface area (Å²) in [6.45, 7) is 1.65. The van der Waals surface area contributed by atoms with Crippen LogP contribution in [0.1, 0.15) is 23.2 Å². The van der Waals surface area contributed by atoms with E-state index < -0.39 is 17.6 Å². The second-order valence-corrected chi connectivity index (χ2v) is 4.49. The van der Waals surface area contributed by atoms with Crippen LogP contribution in [0.25, 0.3) is 0 Å². The van der Waals surface area contributed by atoms with Gasteiger partial charge in [0.1, 0.15) is 11.6 Å². The van der Waals surface area contributed by atoms with Gasteiger partial charge in [-0.15, -0.1) is 0 Å². The van der Waals surface area contributed by atoms with Crippen molar-refractivity contribution < 1.29 is 18.3 Å². The Morgan fingerprint density at radius 1 is 1.42 bits per heavy atom. The van der Waals surface area contributed by atoms with Gasteiger partial charge in [0.05, 0.1) is 18.4 Å². The van der Waals surface area contributed by atoms with Gasteiger partial charge in [-0.25, -0.2) is 13.6 Å². The molecule has 4 nitrogen and oxygen atoms in total. The highest BCUT2D eigenvalue weighted by Gasteiger charge is 2.19. The van der Waals surface area contributed by atoms with Gasteiger partial charge in [0.15, 0.2) is 0 Å². The van der Waals surface area contributed by atoms with E-state index in [2.05, 4.69) is 15.4 Å². The average Bonchev–Trinajstić information content (AvgIpc) is 2.42. The number of hydrogen-bond donors (Lipinski definition) is 2. The summed E-state index contributed by atoms with van der Waals surface area (Å²) in [4.78, 5) is 11.4. The molecule has 0 saturated carbocycles. The predicted molar refractivity (Wildman–Crippen MR) is 67.2 cm³/mol. The van der Waals surface area contributed by atoms with E-state index in [0.717, 1.165) is 32.6 Å². The Morgan fingerprint density at radius 3 is 2.84 bits per heavy atom. The van der Waals surface area contributed by atoms with Crippen LogP contribution in [0.4, 0.5) is 14.5 Å². The summed E-state index contributed by atoms with van der Waals surface area (Å²) in [5.41, 5.74) is -0.148. The van der Waals surface area contributed by atoms with Crippen LogP contribution in [-0.2, 0) is 4.74 Å². The van der Waals surface area contributed by atoms with Crippen molar-refractivity contribution in [1.29, 1.82) is 0 Å². The molecule has 1 heterocycles. The number of hydrogen-bond acceptors (Lipinski definition) is 4. The third-order valence-corrected chi connectivity index (χ3v) is 3.12. The second kappa shape index (κ2) is 5.97. The van der Waals surface area contributed by atoms with E-state index in [9.17, 15) is 13.6 Å². The maximum absolute atomic E-state index is 13.7. The largest absolute Gasteiger partial charge is 0.465 e. The summed E-state index contributed by atoms with van der Waals surface area (Å²) in [7, 11) is 1.16. The van der Waals surface area contributed by atoms with Crippen LogP contribution in [0.15, 0.2) is 12.1 Å². The molecule has 0 aliphatic carbocycles. The molecule has 0 spiro atoms. The Kier molecular flexibility index (Phi) is 4.31. The monoisotopic (exact) mass is 270 g/mol. The number of ether oxygens (including phenoxy) is 1. The molecule has 1 unspecified atom stereocenters. The molecule has 6 heteroatoms. The Morgan fingerprint density at radius 2 is 2.21 bits per heavy atom. The fourth-order valence-corrected chi connectivity index (χ4v) is 2.12. The first-order valence-corrected chi connectivity index (χ1v) is 6.16. The van der Waals surface area contributed by atoms with Crippen LogP contribution in [0, 0.1) is 11.6 Å². The van der Waals surface area contributed by atoms with Crippen molar-refractivity contribution in [3.63, 3.8) is 0 Å². The zero-order valence-electron chi connectivity index (χ0n) is 10.6.